The lowest BCUT2D eigenvalue weighted by atomic mass is 9.93. The summed E-state index contributed by atoms with van der Waals surface area (Å²) in [5.41, 5.74) is 0. The van der Waals surface area contributed by atoms with Crippen molar-refractivity contribution < 1.29 is 9.53 Å². The van der Waals surface area contributed by atoms with E-state index in [1.165, 1.54) is 12.8 Å². The highest BCUT2D eigenvalue weighted by Crippen LogP contribution is 2.17. The summed E-state index contributed by atoms with van der Waals surface area (Å²) in [6, 6.07) is 0. The molecule has 1 heterocycles. The van der Waals surface area contributed by atoms with Crippen LogP contribution in [0.1, 0.15) is 32.1 Å². The normalized spacial score (nSPS) is 16.4. The minimum absolute atomic E-state index is 0.154. The van der Waals surface area contributed by atoms with Gasteiger partial charge in [0.05, 0.1) is 13.2 Å². The molecule has 0 aliphatic carbocycles. The van der Waals surface area contributed by atoms with E-state index < -0.39 is 0 Å². The number of nitrogens with one attached hydrogen (secondary N) is 2. The van der Waals surface area contributed by atoms with Crippen molar-refractivity contribution in [3.8, 4) is 0 Å². The first kappa shape index (κ1) is 15.2. The standard InChI is InChI=1S/C14H26N2O2/c1-2-3-11-18-12-10-16-14(17)5-4-13-6-8-15-9-7-13/h2,13,15H,1,3-12H2,(H,16,17). The maximum Gasteiger partial charge on any atom is 0.220 e. The Morgan fingerprint density at radius 1 is 1.39 bits per heavy atom. The molecule has 0 spiro atoms. The zero-order valence-electron chi connectivity index (χ0n) is 11.2. The number of hydrogen-bond acceptors (Lipinski definition) is 3. The number of hydrogen-bond donors (Lipinski definition) is 2. The number of rotatable bonds is 9. The van der Waals surface area contributed by atoms with Crippen molar-refractivity contribution in [1.82, 2.24) is 10.6 Å². The van der Waals surface area contributed by atoms with E-state index in [1.807, 2.05) is 6.08 Å². The van der Waals surface area contributed by atoms with E-state index in [2.05, 4.69) is 17.2 Å². The van der Waals surface area contributed by atoms with Gasteiger partial charge in [-0.05, 0) is 44.7 Å². The second-order valence-corrected chi connectivity index (χ2v) is 4.77. The van der Waals surface area contributed by atoms with Crippen LogP contribution in [-0.2, 0) is 9.53 Å². The largest absolute Gasteiger partial charge is 0.379 e. The number of ether oxygens (including phenoxy) is 1. The molecular formula is C14H26N2O2. The molecule has 0 atom stereocenters. The van der Waals surface area contributed by atoms with E-state index >= 15 is 0 Å². The van der Waals surface area contributed by atoms with E-state index in [0.29, 0.717) is 26.2 Å². The molecule has 1 aliphatic rings. The van der Waals surface area contributed by atoms with Crippen LogP contribution in [-0.4, -0.2) is 38.8 Å². The van der Waals surface area contributed by atoms with E-state index in [1.54, 1.807) is 0 Å². The zero-order chi connectivity index (χ0) is 13.1. The first-order valence-corrected chi connectivity index (χ1v) is 6.99. The Labute approximate surface area is 110 Å². The van der Waals surface area contributed by atoms with Gasteiger partial charge in [-0.2, -0.15) is 0 Å². The first-order chi connectivity index (χ1) is 8.83. The molecule has 2 N–H and O–H groups in total. The molecule has 1 rings (SSSR count). The number of amides is 1. The van der Waals surface area contributed by atoms with Crippen molar-refractivity contribution in [2.75, 3.05) is 32.8 Å². The lowest BCUT2D eigenvalue weighted by molar-refractivity contribution is -0.121. The van der Waals surface area contributed by atoms with Gasteiger partial charge in [-0.25, -0.2) is 0 Å². The van der Waals surface area contributed by atoms with Gasteiger partial charge in [0, 0.05) is 13.0 Å². The molecule has 18 heavy (non-hydrogen) atoms. The number of piperidine rings is 1. The summed E-state index contributed by atoms with van der Waals surface area (Å²) >= 11 is 0. The van der Waals surface area contributed by atoms with E-state index in [4.69, 9.17) is 4.74 Å². The zero-order valence-corrected chi connectivity index (χ0v) is 11.2. The summed E-state index contributed by atoms with van der Waals surface area (Å²) in [6.07, 6.45) is 6.78. The van der Waals surface area contributed by atoms with Crippen LogP contribution in [0, 0.1) is 5.92 Å². The van der Waals surface area contributed by atoms with Gasteiger partial charge in [-0.1, -0.05) is 6.08 Å². The quantitative estimate of drug-likeness (QED) is 0.484. The Morgan fingerprint density at radius 3 is 2.89 bits per heavy atom. The smallest absolute Gasteiger partial charge is 0.220 e. The Bertz CT molecular complexity index is 238. The summed E-state index contributed by atoms with van der Waals surface area (Å²) in [4.78, 5) is 11.6. The predicted octanol–water partition coefficient (Wildman–Crippen LogP) is 1.48. The Kier molecular flexibility index (Phi) is 8.51. The third kappa shape index (κ3) is 7.45. The van der Waals surface area contributed by atoms with E-state index in [-0.39, 0.29) is 5.91 Å². The van der Waals surface area contributed by atoms with Gasteiger partial charge in [-0.3, -0.25) is 4.79 Å². The minimum atomic E-state index is 0.154. The molecule has 4 heteroatoms. The number of carbonyl (C=O) groups excluding carboxylic acids is 1. The van der Waals surface area contributed by atoms with Crippen molar-refractivity contribution in [3.63, 3.8) is 0 Å². The van der Waals surface area contributed by atoms with Gasteiger partial charge in [0.25, 0.3) is 0 Å². The summed E-state index contributed by atoms with van der Waals surface area (Å²) in [5.74, 6) is 0.877. The maximum atomic E-state index is 11.6. The molecular weight excluding hydrogens is 228 g/mol. The van der Waals surface area contributed by atoms with Crippen molar-refractivity contribution >= 4 is 5.91 Å². The van der Waals surface area contributed by atoms with Gasteiger partial charge in [0.15, 0.2) is 0 Å². The fourth-order valence-electron chi connectivity index (χ4n) is 2.13. The van der Waals surface area contributed by atoms with E-state index in [0.717, 1.165) is 31.8 Å². The SMILES string of the molecule is C=CCCOCCNC(=O)CCC1CCNCC1. The molecule has 1 saturated heterocycles. The molecule has 0 aromatic heterocycles. The molecule has 1 aliphatic heterocycles. The monoisotopic (exact) mass is 254 g/mol. The van der Waals surface area contributed by atoms with Crippen LogP contribution in [0.15, 0.2) is 12.7 Å². The van der Waals surface area contributed by atoms with E-state index in [9.17, 15) is 4.79 Å². The van der Waals surface area contributed by atoms with Gasteiger partial charge in [-0.15, -0.1) is 6.58 Å². The lowest BCUT2D eigenvalue weighted by Gasteiger charge is -2.22. The molecule has 0 aromatic rings. The summed E-state index contributed by atoms with van der Waals surface area (Å²) in [7, 11) is 0. The maximum absolute atomic E-state index is 11.6. The fourth-order valence-corrected chi connectivity index (χ4v) is 2.13. The van der Waals surface area contributed by atoms with Crippen LogP contribution >= 0.6 is 0 Å². The number of carbonyl (C=O) groups is 1. The highest BCUT2D eigenvalue weighted by molar-refractivity contribution is 5.75. The molecule has 1 amide bonds. The van der Waals surface area contributed by atoms with Crippen molar-refractivity contribution in [3.05, 3.63) is 12.7 Å². The third-order valence-corrected chi connectivity index (χ3v) is 3.27. The molecule has 104 valence electrons. The predicted molar refractivity (Wildman–Crippen MR) is 73.5 cm³/mol. The summed E-state index contributed by atoms with van der Waals surface area (Å²) in [6.45, 7) is 7.71. The van der Waals surface area contributed by atoms with Gasteiger partial charge in [0.2, 0.25) is 5.91 Å². The highest BCUT2D eigenvalue weighted by Gasteiger charge is 2.14. The Hall–Kier alpha value is -0.870. The average molecular weight is 254 g/mol. The van der Waals surface area contributed by atoms with Gasteiger partial charge >= 0.3 is 0 Å². The Balaban J connectivity index is 1.91. The second-order valence-electron chi connectivity index (χ2n) is 4.77. The second kappa shape index (κ2) is 10.1. The molecule has 0 aromatic carbocycles. The van der Waals surface area contributed by atoms with Gasteiger partial charge in [0.1, 0.15) is 0 Å². The molecule has 0 unspecified atom stereocenters. The first-order valence-electron chi connectivity index (χ1n) is 6.99. The van der Waals surface area contributed by atoms with Crippen molar-refractivity contribution in [2.24, 2.45) is 5.92 Å². The van der Waals surface area contributed by atoms with Crippen LogP contribution in [0.3, 0.4) is 0 Å². The third-order valence-electron chi connectivity index (χ3n) is 3.27. The van der Waals surface area contributed by atoms with Crippen LogP contribution in [0.25, 0.3) is 0 Å². The minimum Gasteiger partial charge on any atom is -0.379 e. The van der Waals surface area contributed by atoms with Crippen LogP contribution < -0.4 is 10.6 Å². The fraction of sp³-hybridized carbons (Fsp3) is 0.786. The van der Waals surface area contributed by atoms with Crippen molar-refractivity contribution in [1.29, 1.82) is 0 Å². The molecule has 0 saturated carbocycles. The topological polar surface area (TPSA) is 50.4 Å². The van der Waals surface area contributed by atoms with Crippen LogP contribution in [0.4, 0.5) is 0 Å². The summed E-state index contributed by atoms with van der Waals surface area (Å²) < 4.78 is 5.32. The lowest BCUT2D eigenvalue weighted by Crippen LogP contribution is -2.30. The molecule has 0 radical (unpaired) electrons. The molecule has 4 nitrogen and oxygen atoms in total. The average Bonchev–Trinajstić information content (AvgIpc) is 2.41. The Morgan fingerprint density at radius 2 is 2.17 bits per heavy atom. The molecule has 0 bridgehead atoms. The van der Waals surface area contributed by atoms with Crippen molar-refractivity contribution in [2.45, 2.75) is 32.1 Å². The van der Waals surface area contributed by atoms with Crippen LogP contribution in [0.2, 0.25) is 0 Å². The van der Waals surface area contributed by atoms with Crippen LogP contribution in [0.5, 0.6) is 0 Å². The molecule has 1 fully saturated rings. The summed E-state index contributed by atoms with van der Waals surface area (Å²) in [5, 5.41) is 6.23. The highest BCUT2D eigenvalue weighted by atomic mass is 16.5. The van der Waals surface area contributed by atoms with Gasteiger partial charge < -0.3 is 15.4 Å².